The summed E-state index contributed by atoms with van der Waals surface area (Å²) in [6, 6.07) is 12.1. The van der Waals surface area contributed by atoms with Crippen molar-refractivity contribution in [2.75, 3.05) is 13.7 Å². The fourth-order valence-corrected chi connectivity index (χ4v) is 3.08. The van der Waals surface area contributed by atoms with Crippen LogP contribution >= 0.6 is 23.2 Å². The summed E-state index contributed by atoms with van der Waals surface area (Å²) in [4.78, 5) is 3.89. The number of rotatable bonds is 7. The van der Waals surface area contributed by atoms with Gasteiger partial charge < -0.3 is 14.6 Å². The second-order valence-electron chi connectivity index (χ2n) is 5.76. The predicted octanol–water partition coefficient (Wildman–Crippen LogP) is 3.91. The molecule has 0 aliphatic heterocycles. The Bertz CT molecular complexity index is 857. The molecule has 0 amide bonds. The molecule has 1 atom stereocenters. The number of ether oxygens (including phenoxy) is 2. The van der Waals surface area contributed by atoms with Crippen LogP contribution in [0.25, 0.3) is 0 Å². The zero-order valence-electron chi connectivity index (χ0n) is 14.0. The Morgan fingerprint density at radius 2 is 1.85 bits per heavy atom. The molecular formula is C18H17Cl2N3O3. The van der Waals surface area contributed by atoms with Crippen molar-refractivity contribution in [2.45, 2.75) is 12.1 Å². The van der Waals surface area contributed by atoms with Gasteiger partial charge in [0.05, 0.1) is 18.2 Å². The second-order valence-corrected chi connectivity index (χ2v) is 6.60. The zero-order chi connectivity index (χ0) is 18.6. The minimum atomic E-state index is -1.36. The molecule has 2 aromatic carbocycles. The van der Waals surface area contributed by atoms with Crippen molar-refractivity contribution in [1.29, 1.82) is 0 Å². The van der Waals surface area contributed by atoms with Gasteiger partial charge in [0, 0.05) is 17.7 Å². The fourth-order valence-electron chi connectivity index (χ4n) is 2.61. The van der Waals surface area contributed by atoms with Crippen LogP contribution in [0.2, 0.25) is 10.0 Å². The van der Waals surface area contributed by atoms with Crippen molar-refractivity contribution in [2.24, 2.45) is 0 Å². The Balaban J connectivity index is 1.85. The number of halogens is 2. The van der Waals surface area contributed by atoms with Crippen LogP contribution in [0.1, 0.15) is 5.56 Å². The largest absolute Gasteiger partial charge is 0.457 e. The number of methoxy groups -OCH3 is 1. The third-order valence-electron chi connectivity index (χ3n) is 3.76. The molecule has 8 heteroatoms. The van der Waals surface area contributed by atoms with E-state index in [1.54, 1.807) is 42.5 Å². The predicted molar refractivity (Wildman–Crippen MR) is 98.8 cm³/mol. The molecule has 1 heterocycles. The SMILES string of the molecule is COC[C@@](O)(Cn1cncn1)c1ccc(Oc2ccc(Cl)cc2)cc1Cl. The van der Waals surface area contributed by atoms with Gasteiger partial charge in [0.1, 0.15) is 29.8 Å². The molecule has 3 aromatic rings. The van der Waals surface area contributed by atoms with E-state index in [2.05, 4.69) is 10.1 Å². The van der Waals surface area contributed by atoms with Crippen molar-refractivity contribution >= 4 is 23.2 Å². The van der Waals surface area contributed by atoms with Crippen LogP contribution in [-0.2, 0) is 16.9 Å². The molecule has 3 rings (SSSR count). The summed E-state index contributed by atoms with van der Waals surface area (Å²) in [5, 5.41) is 16.1. The molecule has 1 aromatic heterocycles. The Hall–Kier alpha value is -2.12. The van der Waals surface area contributed by atoms with Crippen molar-refractivity contribution in [3.63, 3.8) is 0 Å². The van der Waals surface area contributed by atoms with E-state index < -0.39 is 5.60 Å². The van der Waals surface area contributed by atoms with Crippen molar-refractivity contribution < 1.29 is 14.6 Å². The quantitative estimate of drug-likeness (QED) is 0.658. The summed E-state index contributed by atoms with van der Waals surface area (Å²) in [7, 11) is 1.51. The Morgan fingerprint density at radius 1 is 1.12 bits per heavy atom. The highest BCUT2D eigenvalue weighted by atomic mass is 35.5. The lowest BCUT2D eigenvalue weighted by atomic mass is 9.94. The average molecular weight is 394 g/mol. The first-order chi connectivity index (χ1) is 12.5. The van der Waals surface area contributed by atoms with Gasteiger partial charge in [0.15, 0.2) is 0 Å². The van der Waals surface area contributed by atoms with Crippen LogP contribution in [0.5, 0.6) is 11.5 Å². The van der Waals surface area contributed by atoms with Crippen LogP contribution in [-0.4, -0.2) is 33.6 Å². The molecule has 0 bridgehead atoms. The lowest BCUT2D eigenvalue weighted by Gasteiger charge is -2.28. The van der Waals surface area contributed by atoms with Gasteiger partial charge in [-0.1, -0.05) is 29.3 Å². The number of benzene rings is 2. The van der Waals surface area contributed by atoms with Crippen molar-refractivity contribution in [3.8, 4) is 11.5 Å². The molecule has 136 valence electrons. The molecule has 6 nitrogen and oxygen atoms in total. The van der Waals surface area contributed by atoms with Crippen LogP contribution in [0, 0.1) is 0 Å². The average Bonchev–Trinajstić information content (AvgIpc) is 3.10. The minimum absolute atomic E-state index is 0.0456. The van der Waals surface area contributed by atoms with Gasteiger partial charge >= 0.3 is 0 Å². The minimum Gasteiger partial charge on any atom is -0.457 e. The van der Waals surface area contributed by atoms with Gasteiger partial charge in [-0.3, -0.25) is 0 Å². The summed E-state index contributed by atoms with van der Waals surface area (Å²) in [5.74, 6) is 1.18. The fraction of sp³-hybridized carbons (Fsp3) is 0.222. The number of hydrogen-bond acceptors (Lipinski definition) is 5. The molecular weight excluding hydrogens is 377 g/mol. The summed E-state index contributed by atoms with van der Waals surface area (Å²) < 4.78 is 12.5. The maximum absolute atomic E-state index is 11.1. The highest BCUT2D eigenvalue weighted by molar-refractivity contribution is 6.31. The van der Waals surface area contributed by atoms with Crippen LogP contribution in [0.3, 0.4) is 0 Å². The molecule has 0 aliphatic rings. The van der Waals surface area contributed by atoms with Crippen LogP contribution in [0.15, 0.2) is 55.1 Å². The molecule has 0 saturated heterocycles. The Morgan fingerprint density at radius 3 is 2.46 bits per heavy atom. The van der Waals surface area contributed by atoms with Gasteiger partial charge in [0.2, 0.25) is 0 Å². The maximum atomic E-state index is 11.1. The number of hydrogen-bond donors (Lipinski definition) is 1. The summed E-state index contributed by atoms with van der Waals surface area (Å²) >= 11 is 12.3. The Labute approximate surface area is 160 Å². The highest BCUT2D eigenvalue weighted by Crippen LogP contribution is 2.34. The van der Waals surface area contributed by atoms with Crippen LogP contribution in [0.4, 0.5) is 0 Å². The third kappa shape index (κ3) is 4.34. The van der Waals surface area contributed by atoms with E-state index >= 15 is 0 Å². The van der Waals surface area contributed by atoms with Gasteiger partial charge in [0.25, 0.3) is 0 Å². The second kappa shape index (κ2) is 8.05. The molecule has 0 fully saturated rings. The van der Waals surface area contributed by atoms with Crippen molar-refractivity contribution in [3.05, 3.63) is 70.7 Å². The first-order valence-corrected chi connectivity index (χ1v) is 8.53. The van der Waals surface area contributed by atoms with E-state index in [9.17, 15) is 5.11 Å². The van der Waals surface area contributed by atoms with E-state index in [0.29, 0.717) is 27.1 Å². The number of aromatic nitrogens is 3. The van der Waals surface area contributed by atoms with E-state index in [1.165, 1.54) is 24.4 Å². The van der Waals surface area contributed by atoms with Gasteiger partial charge in [-0.05, 0) is 36.4 Å². The zero-order valence-corrected chi connectivity index (χ0v) is 15.5. The van der Waals surface area contributed by atoms with Gasteiger partial charge in [-0.2, -0.15) is 5.10 Å². The molecule has 1 N–H and O–H groups in total. The molecule has 26 heavy (non-hydrogen) atoms. The summed E-state index contributed by atoms with van der Waals surface area (Å²) in [6.45, 7) is 0.196. The van der Waals surface area contributed by atoms with E-state index in [4.69, 9.17) is 32.7 Å². The van der Waals surface area contributed by atoms with Gasteiger partial charge in [-0.15, -0.1) is 0 Å². The molecule has 0 saturated carbocycles. The lowest BCUT2D eigenvalue weighted by molar-refractivity contribution is -0.0505. The lowest BCUT2D eigenvalue weighted by Crippen LogP contribution is -2.36. The highest BCUT2D eigenvalue weighted by Gasteiger charge is 2.33. The first-order valence-electron chi connectivity index (χ1n) is 7.77. The summed E-state index contributed by atoms with van der Waals surface area (Å²) in [6.07, 6.45) is 2.92. The molecule has 0 aliphatic carbocycles. The Kier molecular flexibility index (Phi) is 5.78. The first kappa shape index (κ1) is 18.7. The topological polar surface area (TPSA) is 69.4 Å². The maximum Gasteiger partial charge on any atom is 0.137 e. The summed E-state index contributed by atoms with van der Waals surface area (Å²) in [5.41, 5.74) is -0.849. The van der Waals surface area contributed by atoms with Crippen LogP contribution < -0.4 is 4.74 Å². The molecule has 0 unspecified atom stereocenters. The normalized spacial score (nSPS) is 13.4. The standard InChI is InChI=1S/C18H17Cl2N3O3/c1-25-10-18(24,9-23-12-21-11-22-23)16-7-6-15(8-17(16)20)26-14-4-2-13(19)3-5-14/h2-8,11-12,24H,9-10H2,1H3/t18-/m0/s1. The third-order valence-corrected chi connectivity index (χ3v) is 4.33. The number of nitrogens with zero attached hydrogens (tertiary/aromatic N) is 3. The van der Waals surface area contributed by atoms with E-state index in [0.717, 1.165) is 0 Å². The van der Waals surface area contributed by atoms with E-state index in [1.807, 2.05) is 0 Å². The molecule has 0 radical (unpaired) electrons. The monoisotopic (exact) mass is 393 g/mol. The van der Waals surface area contributed by atoms with E-state index in [-0.39, 0.29) is 13.2 Å². The smallest absolute Gasteiger partial charge is 0.137 e. The van der Waals surface area contributed by atoms with Crippen molar-refractivity contribution in [1.82, 2.24) is 14.8 Å². The van der Waals surface area contributed by atoms with Gasteiger partial charge in [-0.25, -0.2) is 9.67 Å². The molecule has 0 spiro atoms. The number of aliphatic hydroxyl groups is 1.